The maximum atomic E-state index is 13.1. The van der Waals surface area contributed by atoms with E-state index in [4.69, 9.17) is 11.2 Å². The Kier molecular flexibility index (Phi) is 11.3. The largest absolute Gasteiger partial charge is 0.488 e. The molecular formula is C16H23FIN3O. The minimum atomic E-state index is -0.310. The number of hydrogen-bond acceptors (Lipinski definition) is 2. The zero-order chi connectivity index (χ0) is 15.5. The molecule has 1 atom stereocenters. The number of guanidine groups is 1. The van der Waals surface area contributed by atoms with Crippen LogP contribution in [0, 0.1) is 18.2 Å². The van der Waals surface area contributed by atoms with Gasteiger partial charge in [-0.1, -0.05) is 18.9 Å². The lowest BCUT2D eigenvalue weighted by Crippen LogP contribution is -2.38. The van der Waals surface area contributed by atoms with Crippen LogP contribution in [0.5, 0.6) is 5.75 Å². The quantitative estimate of drug-likeness (QED) is 0.309. The van der Waals surface area contributed by atoms with Crippen LogP contribution in [0.3, 0.4) is 0 Å². The Morgan fingerprint density at radius 3 is 2.77 bits per heavy atom. The molecule has 22 heavy (non-hydrogen) atoms. The second-order valence-corrected chi connectivity index (χ2v) is 4.38. The minimum absolute atomic E-state index is 0. The van der Waals surface area contributed by atoms with Crippen molar-refractivity contribution in [3.8, 4) is 18.1 Å². The predicted molar refractivity (Wildman–Crippen MR) is 99.3 cm³/mol. The van der Waals surface area contributed by atoms with Crippen molar-refractivity contribution in [3.63, 3.8) is 0 Å². The lowest BCUT2D eigenvalue weighted by Gasteiger charge is -2.17. The van der Waals surface area contributed by atoms with Crippen LogP contribution in [0.4, 0.5) is 4.39 Å². The Morgan fingerprint density at radius 2 is 2.18 bits per heavy atom. The van der Waals surface area contributed by atoms with E-state index in [1.807, 2.05) is 13.8 Å². The lowest BCUT2D eigenvalue weighted by molar-refractivity contribution is 0.205. The van der Waals surface area contributed by atoms with Crippen molar-refractivity contribution in [2.24, 2.45) is 4.99 Å². The molecule has 0 bridgehead atoms. The highest BCUT2D eigenvalue weighted by atomic mass is 127. The molecule has 1 rings (SSSR count). The highest BCUT2D eigenvalue weighted by molar-refractivity contribution is 14.0. The Labute approximate surface area is 148 Å². The smallest absolute Gasteiger partial charge is 0.192 e. The molecule has 122 valence electrons. The van der Waals surface area contributed by atoms with Crippen LogP contribution in [0.15, 0.2) is 29.3 Å². The number of aliphatic imine (C=N–C) groups is 1. The standard InChI is InChI=1S/C16H22FN3O.HI/c1-4-10-19-16(18-6-3)20-12-14(5-2)21-15-9-7-8-13(17)11-15;/h1,7-9,11,14H,5-6,10,12H2,2-3H3,(H2,18,19,20);1H. The summed E-state index contributed by atoms with van der Waals surface area (Å²) in [5, 5.41) is 6.11. The van der Waals surface area contributed by atoms with Gasteiger partial charge in [0.1, 0.15) is 17.7 Å². The van der Waals surface area contributed by atoms with Crippen molar-refractivity contribution in [1.82, 2.24) is 10.6 Å². The van der Waals surface area contributed by atoms with Gasteiger partial charge in [-0.05, 0) is 25.5 Å². The number of nitrogens with zero attached hydrogens (tertiary/aromatic N) is 1. The van der Waals surface area contributed by atoms with Crippen molar-refractivity contribution in [1.29, 1.82) is 0 Å². The van der Waals surface area contributed by atoms with Crippen LogP contribution in [-0.4, -0.2) is 31.7 Å². The Hall–Kier alpha value is -1.49. The Bertz CT molecular complexity index is 502. The first-order chi connectivity index (χ1) is 10.2. The molecule has 0 heterocycles. The van der Waals surface area contributed by atoms with Crippen LogP contribution in [0.1, 0.15) is 20.3 Å². The lowest BCUT2D eigenvalue weighted by atomic mass is 10.2. The molecule has 0 aliphatic heterocycles. The number of rotatable bonds is 7. The van der Waals surface area contributed by atoms with Crippen LogP contribution in [0.25, 0.3) is 0 Å². The second kappa shape index (κ2) is 12.1. The normalized spacial score (nSPS) is 11.8. The molecule has 4 nitrogen and oxygen atoms in total. The fourth-order valence-electron chi connectivity index (χ4n) is 1.65. The zero-order valence-corrected chi connectivity index (χ0v) is 15.3. The summed E-state index contributed by atoms with van der Waals surface area (Å²) in [5.74, 6) is 3.35. The monoisotopic (exact) mass is 419 g/mol. The van der Waals surface area contributed by atoms with Gasteiger partial charge in [0, 0.05) is 12.6 Å². The van der Waals surface area contributed by atoms with Crippen molar-refractivity contribution in [2.75, 3.05) is 19.6 Å². The molecule has 0 fully saturated rings. The molecule has 0 amide bonds. The summed E-state index contributed by atoms with van der Waals surface area (Å²) >= 11 is 0. The predicted octanol–water partition coefficient (Wildman–Crippen LogP) is 2.79. The summed E-state index contributed by atoms with van der Waals surface area (Å²) in [6.45, 7) is 5.60. The van der Waals surface area contributed by atoms with E-state index in [9.17, 15) is 4.39 Å². The van der Waals surface area contributed by atoms with E-state index in [0.29, 0.717) is 24.8 Å². The number of hydrogen-bond donors (Lipinski definition) is 2. The van der Waals surface area contributed by atoms with Gasteiger partial charge in [-0.3, -0.25) is 0 Å². The molecule has 6 heteroatoms. The SMILES string of the molecule is C#CCNC(=NCC(CC)Oc1cccc(F)c1)NCC.I. The van der Waals surface area contributed by atoms with Gasteiger partial charge in [0.15, 0.2) is 5.96 Å². The van der Waals surface area contributed by atoms with E-state index >= 15 is 0 Å². The first-order valence-corrected chi connectivity index (χ1v) is 7.07. The molecular weight excluding hydrogens is 396 g/mol. The third-order valence-electron chi connectivity index (χ3n) is 2.71. The molecule has 0 saturated carbocycles. The van der Waals surface area contributed by atoms with Crippen LogP contribution < -0.4 is 15.4 Å². The average Bonchev–Trinajstić information content (AvgIpc) is 2.48. The van der Waals surface area contributed by atoms with Crippen molar-refractivity contribution in [2.45, 2.75) is 26.4 Å². The average molecular weight is 419 g/mol. The van der Waals surface area contributed by atoms with Gasteiger partial charge in [-0.2, -0.15) is 0 Å². The van der Waals surface area contributed by atoms with Gasteiger partial charge in [0.2, 0.25) is 0 Å². The van der Waals surface area contributed by atoms with E-state index < -0.39 is 0 Å². The van der Waals surface area contributed by atoms with Crippen LogP contribution in [-0.2, 0) is 0 Å². The first-order valence-electron chi connectivity index (χ1n) is 7.07. The van der Waals surface area contributed by atoms with Gasteiger partial charge < -0.3 is 15.4 Å². The molecule has 0 spiro atoms. The third kappa shape index (κ3) is 8.08. The number of halogens is 2. The van der Waals surface area contributed by atoms with Crippen molar-refractivity contribution >= 4 is 29.9 Å². The van der Waals surface area contributed by atoms with Crippen LogP contribution >= 0.6 is 24.0 Å². The van der Waals surface area contributed by atoms with Crippen LogP contribution in [0.2, 0.25) is 0 Å². The summed E-state index contributed by atoms with van der Waals surface area (Å²) in [6.07, 6.45) is 5.87. The third-order valence-corrected chi connectivity index (χ3v) is 2.71. The number of terminal acetylenes is 1. The molecule has 1 unspecified atom stereocenters. The summed E-state index contributed by atoms with van der Waals surface area (Å²) in [5.41, 5.74) is 0. The molecule has 0 aliphatic carbocycles. The number of nitrogens with one attached hydrogen (secondary N) is 2. The summed E-state index contributed by atoms with van der Waals surface area (Å²) in [4.78, 5) is 4.42. The fourth-order valence-corrected chi connectivity index (χ4v) is 1.65. The molecule has 1 aromatic carbocycles. The van der Waals surface area contributed by atoms with Gasteiger partial charge in [-0.25, -0.2) is 9.38 Å². The summed E-state index contributed by atoms with van der Waals surface area (Å²) in [6, 6.07) is 6.11. The van der Waals surface area contributed by atoms with E-state index in [2.05, 4.69) is 21.5 Å². The van der Waals surface area contributed by atoms with Crippen molar-refractivity contribution < 1.29 is 9.13 Å². The number of ether oxygens (including phenoxy) is 1. The highest BCUT2D eigenvalue weighted by Crippen LogP contribution is 2.15. The maximum absolute atomic E-state index is 13.1. The van der Waals surface area contributed by atoms with Gasteiger partial charge in [-0.15, -0.1) is 30.4 Å². The van der Waals surface area contributed by atoms with Gasteiger partial charge in [0.05, 0.1) is 13.1 Å². The van der Waals surface area contributed by atoms with E-state index in [-0.39, 0.29) is 35.9 Å². The summed E-state index contributed by atoms with van der Waals surface area (Å²) in [7, 11) is 0. The number of benzene rings is 1. The Balaban J connectivity index is 0.00000441. The van der Waals surface area contributed by atoms with E-state index in [1.165, 1.54) is 12.1 Å². The zero-order valence-electron chi connectivity index (χ0n) is 12.9. The second-order valence-electron chi connectivity index (χ2n) is 4.38. The maximum Gasteiger partial charge on any atom is 0.192 e. The van der Waals surface area contributed by atoms with Crippen molar-refractivity contribution in [3.05, 3.63) is 30.1 Å². The topological polar surface area (TPSA) is 45.7 Å². The van der Waals surface area contributed by atoms with Gasteiger partial charge >= 0.3 is 0 Å². The van der Waals surface area contributed by atoms with E-state index in [0.717, 1.165) is 13.0 Å². The molecule has 1 aromatic rings. The molecule has 0 radical (unpaired) electrons. The molecule has 2 N–H and O–H groups in total. The Morgan fingerprint density at radius 1 is 1.41 bits per heavy atom. The minimum Gasteiger partial charge on any atom is -0.488 e. The highest BCUT2D eigenvalue weighted by Gasteiger charge is 2.08. The van der Waals surface area contributed by atoms with E-state index in [1.54, 1.807) is 12.1 Å². The molecule has 0 aliphatic rings. The van der Waals surface area contributed by atoms with Gasteiger partial charge in [0.25, 0.3) is 0 Å². The first kappa shape index (κ1) is 20.5. The molecule has 0 saturated heterocycles. The summed E-state index contributed by atoms with van der Waals surface area (Å²) < 4.78 is 18.9. The molecule has 0 aromatic heterocycles. The fraction of sp³-hybridized carbons (Fsp3) is 0.438.